The largest absolute Gasteiger partial charge is 0.368 e. The fraction of sp³-hybridized carbons (Fsp3) is 0.471. The average Bonchev–Trinajstić information content (AvgIpc) is 3.18. The van der Waals surface area contributed by atoms with Crippen LogP contribution in [0.1, 0.15) is 41.9 Å². The quantitative estimate of drug-likeness (QED) is 0.937. The highest BCUT2D eigenvalue weighted by Crippen LogP contribution is 2.40. The van der Waals surface area contributed by atoms with Gasteiger partial charge in [-0.05, 0) is 30.9 Å². The van der Waals surface area contributed by atoms with Crippen molar-refractivity contribution in [1.82, 2.24) is 15.5 Å². The first-order chi connectivity index (χ1) is 11.2. The van der Waals surface area contributed by atoms with Gasteiger partial charge in [0.25, 0.3) is 5.91 Å². The fourth-order valence-electron chi connectivity index (χ4n) is 3.11. The molecular weight excluding hydrogens is 292 g/mol. The number of hydrogen-bond donors (Lipinski definition) is 1. The number of nitrogens with one attached hydrogen (secondary N) is 1. The van der Waals surface area contributed by atoms with E-state index in [1.54, 1.807) is 12.3 Å². The van der Waals surface area contributed by atoms with Crippen molar-refractivity contribution in [2.75, 3.05) is 18.0 Å². The summed E-state index contributed by atoms with van der Waals surface area (Å²) in [6.07, 6.45) is 5.90. The van der Waals surface area contributed by atoms with Crippen LogP contribution in [-0.4, -0.2) is 35.2 Å². The number of nitrogens with zero attached hydrogens (tertiary/aromatic N) is 3. The minimum Gasteiger partial charge on any atom is -0.368 e. The molecule has 1 saturated carbocycles. The van der Waals surface area contributed by atoms with E-state index in [0.717, 1.165) is 37.4 Å². The van der Waals surface area contributed by atoms with Crippen molar-refractivity contribution in [2.24, 2.45) is 5.92 Å². The second kappa shape index (κ2) is 5.68. The fourth-order valence-corrected chi connectivity index (χ4v) is 3.11. The minimum absolute atomic E-state index is 0.101. The van der Waals surface area contributed by atoms with Gasteiger partial charge in [0, 0.05) is 31.3 Å². The molecule has 2 aromatic heterocycles. The molecular formula is C17H20N4O2. The van der Waals surface area contributed by atoms with E-state index in [2.05, 4.69) is 27.3 Å². The van der Waals surface area contributed by atoms with Gasteiger partial charge in [0.05, 0.1) is 17.9 Å². The zero-order valence-corrected chi connectivity index (χ0v) is 13.1. The molecule has 2 atom stereocenters. The van der Waals surface area contributed by atoms with Gasteiger partial charge in [-0.25, -0.2) is 0 Å². The summed E-state index contributed by atoms with van der Waals surface area (Å²) in [5.74, 6) is 1.53. The van der Waals surface area contributed by atoms with Crippen LogP contribution in [0.15, 0.2) is 35.1 Å². The summed E-state index contributed by atoms with van der Waals surface area (Å²) in [4.78, 5) is 18.8. The smallest absolute Gasteiger partial charge is 0.273 e. The number of anilines is 1. The topological polar surface area (TPSA) is 71.3 Å². The van der Waals surface area contributed by atoms with Crippen molar-refractivity contribution in [1.29, 1.82) is 0 Å². The lowest BCUT2D eigenvalue weighted by molar-refractivity contribution is 0.0924. The number of carbonyl (C=O) groups excluding carboxylic acids is 1. The summed E-state index contributed by atoms with van der Waals surface area (Å²) in [6.45, 7) is 3.84. The molecule has 3 heterocycles. The molecule has 4 rings (SSSR count). The molecule has 2 aliphatic rings. The van der Waals surface area contributed by atoms with Crippen molar-refractivity contribution < 1.29 is 9.32 Å². The Balaban J connectivity index is 1.40. The maximum absolute atomic E-state index is 12.4. The first kappa shape index (κ1) is 14.2. The molecule has 0 spiro atoms. The van der Waals surface area contributed by atoms with E-state index in [0.29, 0.717) is 17.5 Å². The van der Waals surface area contributed by atoms with Gasteiger partial charge in [-0.1, -0.05) is 12.1 Å². The normalized spacial score (nSPS) is 24.0. The SMILES string of the molecule is C[C@H]1CN(c2cccnc2)C[C@@H]1NC(=O)c1cc(C2CC2)on1. The van der Waals surface area contributed by atoms with E-state index in [-0.39, 0.29) is 11.9 Å². The Morgan fingerprint density at radius 1 is 1.39 bits per heavy atom. The van der Waals surface area contributed by atoms with Crippen LogP contribution < -0.4 is 10.2 Å². The molecule has 0 bridgehead atoms. The summed E-state index contributed by atoms with van der Waals surface area (Å²) >= 11 is 0. The van der Waals surface area contributed by atoms with Crippen LogP contribution in [0.5, 0.6) is 0 Å². The van der Waals surface area contributed by atoms with E-state index in [1.165, 1.54) is 0 Å². The maximum Gasteiger partial charge on any atom is 0.273 e. The number of pyridine rings is 1. The predicted octanol–water partition coefficient (Wildman–Crippen LogP) is 2.20. The number of rotatable bonds is 4. The zero-order chi connectivity index (χ0) is 15.8. The summed E-state index contributed by atoms with van der Waals surface area (Å²) in [5.41, 5.74) is 1.48. The lowest BCUT2D eigenvalue weighted by Gasteiger charge is -2.18. The van der Waals surface area contributed by atoms with Gasteiger partial charge in [0.2, 0.25) is 0 Å². The summed E-state index contributed by atoms with van der Waals surface area (Å²) in [6, 6.07) is 5.86. The van der Waals surface area contributed by atoms with E-state index in [9.17, 15) is 4.79 Å². The minimum atomic E-state index is -0.148. The highest BCUT2D eigenvalue weighted by Gasteiger charge is 2.33. The van der Waals surface area contributed by atoms with Gasteiger partial charge in [-0.2, -0.15) is 0 Å². The number of aromatic nitrogens is 2. The van der Waals surface area contributed by atoms with Crippen LogP contribution in [0.4, 0.5) is 5.69 Å². The maximum atomic E-state index is 12.4. The Kier molecular flexibility index (Phi) is 3.52. The number of hydrogen-bond acceptors (Lipinski definition) is 5. The van der Waals surface area contributed by atoms with Crippen molar-refractivity contribution in [3.8, 4) is 0 Å². The zero-order valence-electron chi connectivity index (χ0n) is 13.1. The Bertz CT molecular complexity index is 696. The molecule has 6 nitrogen and oxygen atoms in total. The van der Waals surface area contributed by atoms with Crippen LogP contribution >= 0.6 is 0 Å². The summed E-state index contributed by atoms with van der Waals surface area (Å²) < 4.78 is 5.26. The van der Waals surface area contributed by atoms with Gasteiger partial charge < -0.3 is 14.7 Å². The molecule has 2 aromatic rings. The Hall–Kier alpha value is -2.37. The van der Waals surface area contributed by atoms with Gasteiger partial charge in [0.1, 0.15) is 5.76 Å². The van der Waals surface area contributed by atoms with Crippen molar-refractivity contribution in [3.05, 3.63) is 42.0 Å². The molecule has 0 radical (unpaired) electrons. The third-order valence-electron chi connectivity index (χ3n) is 4.68. The molecule has 6 heteroatoms. The van der Waals surface area contributed by atoms with Crippen LogP contribution in [0.3, 0.4) is 0 Å². The third kappa shape index (κ3) is 2.93. The first-order valence-corrected chi connectivity index (χ1v) is 8.13. The molecule has 1 aliphatic carbocycles. The van der Waals surface area contributed by atoms with E-state index in [4.69, 9.17) is 4.52 Å². The van der Waals surface area contributed by atoms with Crippen LogP contribution in [0, 0.1) is 5.92 Å². The lowest BCUT2D eigenvalue weighted by atomic mass is 10.1. The van der Waals surface area contributed by atoms with E-state index < -0.39 is 0 Å². The predicted molar refractivity (Wildman–Crippen MR) is 85.3 cm³/mol. The molecule has 0 unspecified atom stereocenters. The molecule has 1 N–H and O–H groups in total. The molecule has 23 heavy (non-hydrogen) atoms. The third-order valence-corrected chi connectivity index (χ3v) is 4.68. The van der Waals surface area contributed by atoms with Gasteiger partial charge in [-0.3, -0.25) is 9.78 Å². The molecule has 1 saturated heterocycles. The number of carbonyl (C=O) groups is 1. The second-order valence-electron chi connectivity index (χ2n) is 6.56. The molecule has 1 aliphatic heterocycles. The standard InChI is InChI=1S/C17H20N4O2/c1-11-9-21(13-3-2-6-18-8-13)10-15(11)19-17(22)14-7-16(23-20-14)12-4-5-12/h2-3,6-8,11-12,15H,4-5,9-10H2,1H3,(H,19,22)/t11-,15-/m0/s1. The molecule has 1 amide bonds. The lowest BCUT2D eigenvalue weighted by Crippen LogP contribution is -2.40. The van der Waals surface area contributed by atoms with E-state index >= 15 is 0 Å². The van der Waals surface area contributed by atoms with Gasteiger partial charge in [-0.15, -0.1) is 0 Å². The van der Waals surface area contributed by atoms with Crippen LogP contribution in [0.2, 0.25) is 0 Å². The molecule has 0 aromatic carbocycles. The van der Waals surface area contributed by atoms with Gasteiger partial charge >= 0.3 is 0 Å². The Morgan fingerprint density at radius 2 is 2.26 bits per heavy atom. The molecule has 120 valence electrons. The highest BCUT2D eigenvalue weighted by atomic mass is 16.5. The van der Waals surface area contributed by atoms with Crippen molar-refractivity contribution in [2.45, 2.75) is 31.7 Å². The average molecular weight is 312 g/mol. The van der Waals surface area contributed by atoms with Crippen molar-refractivity contribution in [3.63, 3.8) is 0 Å². The van der Waals surface area contributed by atoms with Gasteiger partial charge in [0.15, 0.2) is 5.69 Å². The van der Waals surface area contributed by atoms with Crippen LogP contribution in [0.25, 0.3) is 0 Å². The molecule has 2 fully saturated rings. The summed E-state index contributed by atoms with van der Waals surface area (Å²) in [5, 5.41) is 7.00. The Labute approximate surface area is 134 Å². The summed E-state index contributed by atoms with van der Waals surface area (Å²) in [7, 11) is 0. The highest BCUT2D eigenvalue weighted by molar-refractivity contribution is 5.92. The second-order valence-corrected chi connectivity index (χ2v) is 6.56. The first-order valence-electron chi connectivity index (χ1n) is 8.13. The number of amides is 1. The monoisotopic (exact) mass is 312 g/mol. The van der Waals surface area contributed by atoms with Crippen LogP contribution in [-0.2, 0) is 0 Å². The van der Waals surface area contributed by atoms with E-state index in [1.807, 2.05) is 18.3 Å². The Morgan fingerprint density at radius 3 is 3.00 bits per heavy atom. The van der Waals surface area contributed by atoms with Crippen molar-refractivity contribution >= 4 is 11.6 Å².